The Labute approximate surface area is 176 Å². The summed E-state index contributed by atoms with van der Waals surface area (Å²) in [5.74, 6) is 0.466. The summed E-state index contributed by atoms with van der Waals surface area (Å²) >= 11 is 1.07. The van der Waals surface area contributed by atoms with Gasteiger partial charge < -0.3 is 4.52 Å². The molecule has 0 radical (unpaired) electrons. The first kappa shape index (κ1) is 20.1. The molecular formula is C19H17N5O4S2. The molecule has 30 heavy (non-hydrogen) atoms. The Bertz CT molecular complexity index is 1340. The molecule has 11 heteroatoms. The molecule has 154 valence electrons. The minimum atomic E-state index is -3.70. The molecule has 0 spiro atoms. The zero-order valence-corrected chi connectivity index (χ0v) is 17.7. The molecular weight excluding hydrogens is 426 g/mol. The van der Waals surface area contributed by atoms with Crippen molar-refractivity contribution in [3.63, 3.8) is 0 Å². The van der Waals surface area contributed by atoms with Crippen molar-refractivity contribution in [2.75, 3.05) is 0 Å². The van der Waals surface area contributed by atoms with E-state index in [1.54, 1.807) is 50.5 Å². The van der Waals surface area contributed by atoms with E-state index >= 15 is 0 Å². The van der Waals surface area contributed by atoms with Crippen LogP contribution in [0.1, 0.15) is 17.0 Å². The summed E-state index contributed by atoms with van der Waals surface area (Å²) in [7, 11) is -3.70. The minimum Gasteiger partial charge on any atom is -0.359 e. The fourth-order valence-corrected chi connectivity index (χ4v) is 5.17. The van der Waals surface area contributed by atoms with E-state index in [2.05, 4.69) is 20.0 Å². The first-order chi connectivity index (χ1) is 14.3. The van der Waals surface area contributed by atoms with Gasteiger partial charge in [0.05, 0.1) is 4.88 Å². The number of nitrogens with zero attached hydrogens (tertiary/aromatic N) is 4. The lowest BCUT2D eigenvalue weighted by atomic mass is 10.3. The number of sulfonamides is 1. The average Bonchev–Trinajstić information content (AvgIpc) is 3.36. The Balaban J connectivity index is 1.63. The highest BCUT2D eigenvalue weighted by Crippen LogP contribution is 2.29. The van der Waals surface area contributed by atoms with Gasteiger partial charge in [-0.3, -0.25) is 9.78 Å². The van der Waals surface area contributed by atoms with Gasteiger partial charge in [0.2, 0.25) is 10.0 Å². The Kier molecular flexibility index (Phi) is 5.33. The van der Waals surface area contributed by atoms with Gasteiger partial charge >= 0.3 is 0 Å². The monoisotopic (exact) mass is 443 g/mol. The van der Waals surface area contributed by atoms with Crippen LogP contribution >= 0.6 is 11.3 Å². The highest BCUT2D eigenvalue weighted by molar-refractivity contribution is 7.91. The second-order valence-electron chi connectivity index (χ2n) is 6.45. The van der Waals surface area contributed by atoms with Gasteiger partial charge in [-0.25, -0.2) is 13.1 Å². The summed E-state index contributed by atoms with van der Waals surface area (Å²) in [6.45, 7) is 3.55. The van der Waals surface area contributed by atoms with E-state index < -0.39 is 10.0 Å². The molecule has 4 aromatic heterocycles. The highest BCUT2D eigenvalue weighted by Gasteiger charge is 2.19. The van der Waals surface area contributed by atoms with Gasteiger partial charge in [-0.05, 0) is 43.7 Å². The zero-order chi connectivity index (χ0) is 21.3. The second kappa shape index (κ2) is 7.94. The molecule has 0 saturated carbocycles. The van der Waals surface area contributed by atoms with Crippen LogP contribution < -0.4 is 10.3 Å². The van der Waals surface area contributed by atoms with Crippen molar-refractivity contribution in [3.8, 4) is 16.3 Å². The largest absolute Gasteiger partial charge is 0.359 e. The first-order valence-electron chi connectivity index (χ1n) is 8.87. The SMILES string of the molecule is Cc1noc(C)c1-n1nc(-c2ccc(S(=O)(=O)NCc3cccnc3)s2)ccc1=O. The van der Waals surface area contributed by atoms with Crippen LogP contribution in [0.4, 0.5) is 0 Å². The number of rotatable bonds is 6. The molecule has 1 N–H and O–H groups in total. The van der Waals surface area contributed by atoms with Crippen LogP contribution in [-0.4, -0.2) is 28.3 Å². The van der Waals surface area contributed by atoms with E-state index in [1.807, 2.05) is 0 Å². The van der Waals surface area contributed by atoms with Crippen LogP contribution in [-0.2, 0) is 16.6 Å². The third-order valence-corrected chi connectivity index (χ3v) is 7.30. The summed E-state index contributed by atoms with van der Waals surface area (Å²) in [6.07, 6.45) is 3.23. The summed E-state index contributed by atoms with van der Waals surface area (Å²) in [5, 5.41) is 8.24. The maximum Gasteiger partial charge on any atom is 0.271 e. The fraction of sp³-hybridized carbons (Fsp3) is 0.158. The van der Waals surface area contributed by atoms with Crippen molar-refractivity contribution in [2.24, 2.45) is 0 Å². The van der Waals surface area contributed by atoms with Gasteiger partial charge in [0.15, 0.2) is 5.76 Å². The maximum atomic E-state index is 12.6. The summed E-state index contributed by atoms with van der Waals surface area (Å²) in [4.78, 5) is 16.9. The van der Waals surface area contributed by atoms with Crippen LogP contribution in [0.15, 0.2) is 62.3 Å². The van der Waals surface area contributed by atoms with E-state index in [9.17, 15) is 13.2 Å². The van der Waals surface area contributed by atoms with Crippen molar-refractivity contribution in [3.05, 3.63) is 76.2 Å². The molecule has 9 nitrogen and oxygen atoms in total. The molecule has 0 atom stereocenters. The first-order valence-corrected chi connectivity index (χ1v) is 11.2. The lowest BCUT2D eigenvalue weighted by Gasteiger charge is -2.05. The molecule has 0 amide bonds. The van der Waals surface area contributed by atoms with Gasteiger partial charge in [-0.15, -0.1) is 11.3 Å². The van der Waals surface area contributed by atoms with E-state index in [4.69, 9.17) is 4.52 Å². The number of nitrogens with one attached hydrogen (secondary N) is 1. The number of hydrogen-bond donors (Lipinski definition) is 1. The Morgan fingerprint density at radius 2 is 2.00 bits per heavy atom. The summed E-state index contributed by atoms with van der Waals surface area (Å²) in [5.41, 5.74) is 1.90. The standard InChI is InChI=1S/C19H17N5O4S2/c1-12-19(13(2)28-23-12)24-17(25)7-5-15(22-24)16-6-8-18(29-16)30(26,27)21-11-14-4-3-9-20-10-14/h3-10,21H,11H2,1-2H3. The van der Waals surface area contributed by atoms with Crippen LogP contribution in [0.3, 0.4) is 0 Å². The van der Waals surface area contributed by atoms with Crippen LogP contribution in [0.2, 0.25) is 0 Å². The Morgan fingerprint density at radius 3 is 2.70 bits per heavy atom. The van der Waals surface area contributed by atoms with E-state index in [0.717, 1.165) is 16.9 Å². The summed E-state index contributed by atoms with van der Waals surface area (Å²) < 4.78 is 34.3. The van der Waals surface area contributed by atoms with Crippen molar-refractivity contribution in [2.45, 2.75) is 24.6 Å². The minimum absolute atomic E-state index is 0.137. The quantitative estimate of drug-likeness (QED) is 0.486. The fourth-order valence-electron chi connectivity index (χ4n) is 2.84. The third-order valence-electron chi connectivity index (χ3n) is 4.30. The lowest BCUT2D eigenvalue weighted by Crippen LogP contribution is -2.22. The summed E-state index contributed by atoms with van der Waals surface area (Å²) in [6, 6.07) is 9.64. The van der Waals surface area contributed by atoms with Crippen molar-refractivity contribution in [1.82, 2.24) is 24.6 Å². The van der Waals surface area contributed by atoms with Crippen LogP contribution in [0, 0.1) is 13.8 Å². The van der Waals surface area contributed by atoms with Crippen LogP contribution in [0.5, 0.6) is 0 Å². The van der Waals surface area contributed by atoms with Crippen molar-refractivity contribution >= 4 is 21.4 Å². The lowest BCUT2D eigenvalue weighted by molar-refractivity contribution is 0.392. The predicted octanol–water partition coefficient (Wildman–Crippen LogP) is 2.44. The molecule has 4 rings (SSSR count). The van der Waals surface area contributed by atoms with Gasteiger partial charge in [-0.2, -0.15) is 9.78 Å². The number of aromatic nitrogens is 4. The van der Waals surface area contributed by atoms with Gasteiger partial charge in [0, 0.05) is 25.0 Å². The average molecular weight is 444 g/mol. The number of hydrogen-bond acceptors (Lipinski definition) is 8. The zero-order valence-electron chi connectivity index (χ0n) is 16.1. The number of thiophene rings is 1. The number of aryl methyl sites for hydroxylation is 2. The van der Waals surface area contributed by atoms with Crippen LogP contribution in [0.25, 0.3) is 16.3 Å². The third kappa shape index (κ3) is 3.95. The molecule has 4 aromatic rings. The number of pyridine rings is 1. The molecule has 0 bridgehead atoms. The van der Waals surface area contributed by atoms with E-state index in [1.165, 1.54) is 16.8 Å². The Morgan fingerprint density at radius 1 is 1.17 bits per heavy atom. The molecule has 4 heterocycles. The van der Waals surface area contributed by atoms with Gasteiger partial charge in [0.25, 0.3) is 5.56 Å². The van der Waals surface area contributed by atoms with Crippen molar-refractivity contribution in [1.29, 1.82) is 0 Å². The molecule has 0 unspecified atom stereocenters. The molecule has 0 aromatic carbocycles. The normalized spacial score (nSPS) is 11.7. The van der Waals surface area contributed by atoms with E-state index in [0.29, 0.717) is 27.7 Å². The van der Waals surface area contributed by atoms with Crippen molar-refractivity contribution < 1.29 is 12.9 Å². The second-order valence-corrected chi connectivity index (χ2v) is 9.52. The molecule has 0 fully saturated rings. The molecule has 0 saturated heterocycles. The smallest absolute Gasteiger partial charge is 0.271 e. The maximum absolute atomic E-state index is 12.6. The van der Waals surface area contributed by atoms with Gasteiger partial charge in [-0.1, -0.05) is 11.2 Å². The Hall–Kier alpha value is -3.15. The highest BCUT2D eigenvalue weighted by atomic mass is 32.2. The predicted molar refractivity (Wildman–Crippen MR) is 111 cm³/mol. The van der Waals surface area contributed by atoms with Gasteiger partial charge in [0.1, 0.15) is 21.3 Å². The molecule has 0 aliphatic rings. The topological polar surface area (TPSA) is 120 Å². The van der Waals surface area contributed by atoms with E-state index in [-0.39, 0.29) is 16.3 Å². The molecule has 0 aliphatic heterocycles. The molecule has 0 aliphatic carbocycles.